The summed E-state index contributed by atoms with van der Waals surface area (Å²) in [5.74, 6) is 1.17. The van der Waals surface area contributed by atoms with Crippen LogP contribution < -0.4 is 15.0 Å². The highest BCUT2D eigenvalue weighted by Crippen LogP contribution is 2.14. The molecule has 0 spiro atoms. The second-order valence-corrected chi connectivity index (χ2v) is 3.70. The van der Waals surface area contributed by atoms with Crippen LogP contribution in [-0.2, 0) is 0 Å². The largest absolute Gasteiger partial charge is 0.464 e. The van der Waals surface area contributed by atoms with Crippen molar-refractivity contribution in [1.29, 1.82) is 0 Å². The lowest BCUT2D eigenvalue weighted by molar-refractivity contribution is 0.312. The lowest BCUT2D eigenvalue weighted by Crippen LogP contribution is -2.22. The Hall–Kier alpha value is -1.59. The van der Waals surface area contributed by atoms with E-state index >= 15 is 0 Å². The third-order valence-electron chi connectivity index (χ3n) is 2.29. The molecule has 0 saturated carbocycles. The van der Waals surface area contributed by atoms with Crippen LogP contribution in [0.4, 0.5) is 11.9 Å². The molecule has 96 valence electrons. The highest BCUT2D eigenvalue weighted by molar-refractivity contribution is 5.37. The molecular formula is C11H21N5O. The van der Waals surface area contributed by atoms with E-state index in [1.165, 1.54) is 0 Å². The summed E-state index contributed by atoms with van der Waals surface area (Å²) in [6, 6.07) is 0.366. The first-order chi connectivity index (χ1) is 8.21. The van der Waals surface area contributed by atoms with Crippen LogP contribution in [0.1, 0.15) is 26.7 Å². The molecule has 6 nitrogen and oxygen atoms in total. The van der Waals surface area contributed by atoms with Crippen molar-refractivity contribution in [2.24, 2.45) is 0 Å². The summed E-state index contributed by atoms with van der Waals surface area (Å²) >= 11 is 0. The predicted molar refractivity (Wildman–Crippen MR) is 68.7 cm³/mol. The lowest BCUT2D eigenvalue weighted by Gasteiger charge is -2.17. The van der Waals surface area contributed by atoms with Crippen molar-refractivity contribution in [1.82, 2.24) is 15.0 Å². The summed E-state index contributed by atoms with van der Waals surface area (Å²) in [5.41, 5.74) is 0. The van der Waals surface area contributed by atoms with Gasteiger partial charge < -0.3 is 15.0 Å². The summed E-state index contributed by atoms with van der Waals surface area (Å²) < 4.78 is 5.31. The minimum Gasteiger partial charge on any atom is -0.464 e. The zero-order valence-corrected chi connectivity index (χ0v) is 11.0. The van der Waals surface area contributed by atoms with Crippen LogP contribution in [0.25, 0.3) is 0 Å². The Labute approximate surface area is 102 Å². The van der Waals surface area contributed by atoms with Gasteiger partial charge in [-0.3, -0.25) is 0 Å². The SMILES string of the molecule is CCCCN(C)c1nc(NC)nc(OCC)n1. The van der Waals surface area contributed by atoms with Crippen LogP contribution in [0, 0.1) is 0 Å². The molecule has 1 aromatic heterocycles. The number of hydrogen-bond donors (Lipinski definition) is 1. The van der Waals surface area contributed by atoms with Crippen LogP contribution in [0.5, 0.6) is 6.01 Å². The number of unbranched alkanes of at least 4 members (excludes halogenated alkanes) is 1. The van der Waals surface area contributed by atoms with Crippen molar-refractivity contribution in [3.8, 4) is 6.01 Å². The van der Waals surface area contributed by atoms with E-state index in [9.17, 15) is 0 Å². The average Bonchev–Trinajstić information content (AvgIpc) is 2.35. The van der Waals surface area contributed by atoms with Gasteiger partial charge in [0.15, 0.2) is 0 Å². The van der Waals surface area contributed by atoms with Gasteiger partial charge in [0.05, 0.1) is 6.61 Å². The first-order valence-corrected chi connectivity index (χ1v) is 5.99. The Kier molecular flexibility index (Phi) is 5.45. The monoisotopic (exact) mass is 239 g/mol. The van der Waals surface area contributed by atoms with Gasteiger partial charge in [0.2, 0.25) is 11.9 Å². The van der Waals surface area contributed by atoms with Gasteiger partial charge in [-0.2, -0.15) is 15.0 Å². The number of nitrogens with zero attached hydrogens (tertiary/aromatic N) is 4. The third-order valence-corrected chi connectivity index (χ3v) is 2.29. The van der Waals surface area contributed by atoms with E-state index in [4.69, 9.17) is 4.74 Å². The maximum atomic E-state index is 5.31. The average molecular weight is 239 g/mol. The van der Waals surface area contributed by atoms with E-state index in [2.05, 4.69) is 27.2 Å². The number of anilines is 2. The van der Waals surface area contributed by atoms with Gasteiger partial charge >= 0.3 is 6.01 Å². The van der Waals surface area contributed by atoms with Crippen LogP contribution in [0.3, 0.4) is 0 Å². The molecule has 0 saturated heterocycles. The fraction of sp³-hybridized carbons (Fsp3) is 0.727. The summed E-state index contributed by atoms with van der Waals surface area (Å²) in [4.78, 5) is 14.7. The van der Waals surface area contributed by atoms with E-state index in [1.54, 1.807) is 7.05 Å². The summed E-state index contributed by atoms with van der Waals surface area (Å²) in [7, 11) is 3.75. The summed E-state index contributed by atoms with van der Waals surface area (Å²) in [6.07, 6.45) is 2.26. The molecule has 0 unspecified atom stereocenters. The molecule has 1 N–H and O–H groups in total. The highest BCUT2D eigenvalue weighted by Gasteiger charge is 2.09. The molecule has 17 heavy (non-hydrogen) atoms. The first kappa shape index (κ1) is 13.5. The second-order valence-electron chi connectivity index (χ2n) is 3.70. The predicted octanol–water partition coefficient (Wildman–Crippen LogP) is 1.55. The maximum absolute atomic E-state index is 5.31. The van der Waals surface area contributed by atoms with Gasteiger partial charge in [0.1, 0.15) is 0 Å². The molecule has 0 aromatic carbocycles. The second kappa shape index (κ2) is 6.88. The lowest BCUT2D eigenvalue weighted by atomic mass is 10.3. The van der Waals surface area contributed by atoms with Gasteiger partial charge in [-0.05, 0) is 13.3 Å². The van der Waals surface area contributed by atoms with Gasteiger partial charge in [-0.15, -0.1) is 0 Å². The topological polar surface area (TPSA) is 63.2 Å². The van der Waals surface area contributed by atoms with Crippen LogP contribution in [0.15, 0.2) is 0 Å². The van der Waals surface area contributed by atoms with Crippen LogP contribution in [0.2, 0.25) is 0 Å². The molecule has 0 fully saturated rings. The Morgan fingerprint density at radius 1 is 1.24 bits per heavy atom. The van der Waals surface area contributed by atoms with E-state index in [0.717, 1.165) is 19.4 Å². The molecule has 0 aliphatic carbocycles. The zero-order valence-electron chi connectivity index (χ0n) is 11.0. The minimum atomic E-state index is 0.366. The molecule has 6 heteroatoms. The highest BCUT2D eigenvalue weighted by atomic mass is 16.5. The van der Waals surface area contributed by atoms with Gasteiger partial charge in [0, 0.05) is 20.6 Å². The Bertz CT molecular complexity index is 345. The van der Waals surface area contributed by atoms with Crippen molar-refractivity contribution < 1.29 is 4.74 Å². The maximum Gasteiger partial charge on any atom is 0.323 e. The molecule has 0 amide bonds. The van der Waals surface area contributed by atoms with Gasteiger partial charge in [0.25, 0.3) is 0 Å². The fourth-order valence-electron chi connectivity index (χ4n) is 1.32. The smallest absolute Gasteiger partial charge is 0.323 e. The molecule has 0 aliphatic heterocycles. The number of nitrogens with one attached hydrogen (secondary N) is 1. The number of ether oxygens (including phenoxy) is 1. The molecule has 1 heterocycles. The van der Waals surface area contributed by atoms with Crippen molar-refractivity contribution in [3.63, 3.8) is 0 Å². The van der Waals surface area contributed by atoms with Crippen LogP contribution >= 0.6 is 0 Å². The van der Waals surface area contributed by atoms with E-state index in [0.29, 0.717) is 24.5 Å². The molecule has 1 aromatic rings. The van der Waals surface area contributed by atoms with Crippen molar-refractivity contribution in [2.45, 2.75) is 26.7 Å². The molecule has 0 atom stereocenters. The first-order valence-electron chi connectivity index (χ1n) is 5.99. The fourth-order valence-corrected chi connectivity index (χ4v) is 1.32. The zero-order chi connectivity index (χ0) is 12.7. The van der Waals surface area contributed by atoms with E-state index < -0.39 is 0 Å². The van der Waals surface area contributed by atoms with Crippen molar-refractivity contribution >= 4 is 11.9 Å². The number of rotatable bonds is 7. The molecule has 0 aliphatic rings. The minimum absolute atomic E-state index is 0.366. The molecule has 1 rings (SSSR count). The molecule has 0 radical (unpaired) electrons. The third kappa shape index (κ3) is 4.05. The quantitative estimate of drug-likeness (QED) is 0.779. The van der Waals surface area contributed by atoms with Gasteiger partial charge in [-0.25, -0.2) is 0 Å². The van der Waals surface area contributed by atoms with Crippen molar-refractivity contribution in [3.05, 3.63) is 0 Å². The molecular weight excluding hydrogens is 218 g/mol. The van der Waals surface area contributed by atoms with Gasteiger partial charge in [-0.1, -0.05) is 13.3 Å². The Morgan fingerprint density at radius 3 is 2.59 bits per heavy atom. The summed E-state index contributed by atoms with van der Waals surface area (Å²) in [6.45, 7) is 5.54. The van der Waals surface area contributed by atoms with E-state index in [1.807, 2.05) is 18.9 Å². The Morgan fingerprint density at radius 2 is 2.00 bits per heavy atom. The van der Waals surface area contributed by atoms with Crippen LogP contribution in [-0.4, -0.2) is 42.2 Å². The molecule has 0 bridgehead atoms. The van der Waals surface area contributed by atoms with E-state index in [-0.39, 0.29) is 0 Å². The van der Waals surface area contributed by atoms with Crippen molar-refractivity contribution in [2.75, 3.05) is 37.5 Å². The Balaban J connectivity index is 2.85. The standard InChI is InChI=1S/C11H21N5O/c1-5-7-8-16(4)10-13-9(12-3)14-11(15-10)17-6-2/h5-8H2,1-4H3,(H,12,13,14,15). The number of hydrogen-bond acceptors (Lipinski definition) is 6. The number of aromatic nitrogens is 3. The summed E-state index contributed by atoms with van der Waals surface area (Å²) in [5, 5.41) is 2.91. The normalized spacial score (nSPS) is 10.1.